The van der Waals surface area contributed by atoms with Gasteiger partial charge in [0.05, 0.1) is 11.4 Å². The predicted octanol–water partition coefficient (Wildman–Crippen LogP) is 17.5. The molecule has 0 radical (unpaired) electrons. The van der Waals surface area contributed by atoms with Crippen molar-refractivity contribution in [1.29, 1.82) is 10.8 Å². The van der Waals surface area contributed by atoms with Crippen molar-refractivity contribution in [2.45, 2.75) is 13.8 Å². The average Bonchev–Trinajstić information content (AvgIpc) is 3.98. The first-order chi connectivity index (χ1) is 33.3. The largest absolute Gasteiger partial charge is 0.455 e. The van der Waals surface area contributed by atoms with E-state index in [1.54, 1.807) is 0 Å². The molecule has 0 amide bonds. The molecule has 0 atom stereocenters. The second-order valence-electron chi connectivity index (χ2n) is 18.1. The van der Waals surface area contributed by atoms with E-state index in [2.05, 4.69) is 208 Å². The maximum Gasteiger partial charge on any atom is 0.143 e. The summed E-state index contributed by atoms with van der Waals surface area (Å²) in [4.78, 5) is 0. The molecule has 0 saturated carbocycles. The Labute approximate surface area is 393 Å². The highest BCUT2D eigenvalue weighted by molar-refractivity contribution is 6.55. The zero-order chi connectivity index (χ0) is 45.6. The Morgan fingerprint density at radius 3 is 0.926 bits per heavy atom. The van der Waals surface area contributed by atoms with Gasteiger partial charge in [0.15, 0.2) is 0 Å². The molecule has 2 aromatic heterocycles. The number of aryl methyl sites for hydroxylation is 2. The summed E-state index contributed by atoms with van der Waals surface area (Å²) in [7, 11) is 0. The Bertz CT molecular complexity index is 3840. The standard InChI is InChI=1S/C64H42N2O2/c1-37-11-3-23-53-55-25-9-21-49(63(55)67-61(37)53)47-19-7-17-43(33-47)39-13-5-15-41(31-39)45-27-29-51-57(35-45)58-36-46(28-30-52(58)60(66)59(51)65)42-16-6-14-40(32-42)44-18-8-20-48(34-44)50-22-10-26-56-54-24-4-12-38(2)62(54)68-64(50)56/h3-36,65-66H,1-2H3. The van der Waals surface area contributed by atoms with Gasteiger partial charge in [0.1, 0.15) is 22.3 Å². The molecule has 10 aromatic carbocycles. The molecule has 1 aliphatic carbocycles. The van der Waals surface area contributed by atoms with Crippen molar-refractivity contribution in [1.82, 2.24) is 0 Å². The van der Waals surface area contributed by atoms with Crippen molar-refractivity contribution >= 4 is 55.3 Å². The lowest BCUT2D eigenvalue weighted by Crippen LogP contribution is -2.21. The SMILES string of the molecule is Cc1cccc2c1oc1c(-c3cccc(-c4cccc(-c5ccc6c(c5)-c5cc(-c7cccc(-c8cccc(-c9cccc%10c9oc9c(C)cccc9%10)c8)c7)ccc5C(=N)C6=N)c4)c3)cccc12. The molecule has 0 unspecified atom stereocenters. The van der Waals surface area contributed by atoms with E-state index in [-0.39, 0.29) is 11.4 Å². The van der Waals surface area contributed by atoms with Gasteiger partial charge in [0.25, 0.3) is 0 Å². The van der Waals surface area contributed by atoms with Crippen molar-refractivity contribution in [3.05, 3.63) is 229 Å². The van der Waals surface area contributed by atoms with Crippen LogP contribution in [0.4, 0.5) is 0 Å². The van der Waals surface area contributed by atoms with Gasteiger partial charge in [-0.05, 0) is 128 Å². The van der Waals surface area contributed by atoms with Gasteiger partial charge in [0, 0.05) is 43.8 Å². The fourth-order valence-corrected chi connectivity index (χ4v) is 10.5. The minimum atomic E-state index is 0.238. The Hall–Kier alpha value is -8.86. The summed E-state index contributed by atoms with van der Waals surface area (Å²) in [6.45, 7) is 4.19. The van der Waals surface area contributed by atoms with E-state index in [1.807, 2.05) is 12.1 Å². The molecule has 13 rings (SSSR count). The molecular formula is C64H42N2O2. The van der Waals surface area contributed by atoms with Gasteiger partial charge in [-0.25, -0.2) is 0 Å². The van der Waals surface area contributed by atoms with Gasteiger partial charge < -0.3 is 8.83 Å². The Morgan fingerprint density at radius 2 is 0.544 bits per heavy atom. The van der Waals surface area contributed by atoms with Crippen LogP contribution in [-0.2, 0) is 0 Å². The number of benzene rings is 10. The van der Waals surface area contributed by atoms with Gasteiger partial charge in [-0.3, -0.25) is 10.8 Å². The third-order valence-corrected chi connectivity index (χ3v) is 14.0. The van der Waals surface area contributed by atoms with Crippen molar-refractivity contribution in [3.63, 3.8) is 0 Å². The molecule has 0 saturated heterocycles. The monoisotopic (exact) mass is 870 g/mol. The minimum absolute atomic E-state index is 0.238. The highest BCUT2D eigenvalue weighted by Crippen LogP contribution is 2.43. The van der Waals surface area contributed by atoms with Crippen molar-refractivity contribution in [2.24, 2.45) is 0 Å². The maximum absolute atomic E-state index is 9.08. The smallest absolute Gasteiger partial charge is 0.143 e. The molecular weight excluding hydrogens is 829 g/mol. The van der Waals surface area contributed by atoms with Crippen LogP contribution < -0.4 is 0 Å². The molecule has 0 spiro atoms. The molecule has 320 valence electrons. The lowest BCUT2D eigenvalue weighted by molar-refractivity contribution is 0.666. The quantitative estimate of drug-likeness (QED) is 0.175. The Balaban J connectivity index is 0.840. The molecule has 68 heavy (non-hydrogen) atoms. The average molecular weight is 871 g/mol. The molecule has 2 N–H and O–H groups in total. The molecule has 2 heterocycles. The summed E-state index contributed by atoms with van der Waals surface area (Å²) in [5, 5.41) is 22.7. The van der Waals surface area contributed by atoms with Crippen molar-refractivity contribution in [3.8, 4) is 77.9 Å². The normalized spacial score (nSPS) is 12.3. The van der Waals surface area contributed by atoms with Crippen LogP contribution in [-0.4, -0.2) is 11.4 Å². The van der Waals surface area contributed by atoms with Crippen LogP contribution in [0.3, 0.4) is 0 Å². The van der Waals surface area contributed by atoms with E-state index in [0.29, 0.717) is 0 Å². The molecule has 4 heteroatoms. The van der Waals surface area contributed by atoms with Gasteiger partial charge in [-0.1, -0.05) is 170 Å². The number of furan rings is 2. The van der Waals surface area contributed by atoms with Crippen LogP contribution in [0.5, 0.6) is 0 Å². The molecule has 0 aliphatic heterocycles. The lowest BCUT2D eigenvalue weighted by Gasteiger charge is -2.23. The van der Waals surface area contributed by atoms with Gasteiger partial charge in [0.2, 0.25) is 0 Å². The lowest BCUT2D eigenvalue weighted by atomic mass is 9.80. The van der Waals surface area contributed by atoms with Crippen molar-refractivity contribution in [2.75, 3.05) is 0 Å². The third kappa shape index (κ3) is 6.29. The topological polar surface area (TPSA) is 74.0 Å². The summed E-state index contributed by atoms with van der Waals surface area (Å²) >= 11 is 0. The fraction of sp³-hybridized carbons (Fsp3) is 0.0312. The molecule has 1 aliphatic rings. The van der Waals surface area contributed by atoms with E-state index >= 15 is 0 Å². The second kappa shape index (κ2) is 15.4. The maximum atomic E-state index is 9.08. The van der Waals surface area contributed by atoms with Crippen LogP contribution in [0.2, 0.25) is 0 Å². The minimum Gasteiger partial charge on any atom is -0.455 e. The number of fused-ring (bicyclic) bond motifs is 9. The number of nitrogens with one attached hydrogen (secondary N) is 2. The van der Waals surface area contributed by atoms with E-state index < -0.39 is 0 Å². The number of hydrogen-bond acceptors (Lipinski definition) is 4. The predicted molar refractivity (Wildman–Crippen MR) is 282 cm³/mol. The molecule has 0 bridgehead atoms. The van der Waals surface area contributed by atoms with E-state index in [0.717, 1.165) is 144 Å². The number of hydrogen-bond donors (Lipinski definition) is 2. The van der Waals surface area contributed by atoms with Crippen LogP contribution in [0.15, 0.2) is 215 Å². The van der Waals surface area contributed by atoms with Crippen LogP contribution in [0, 0.1) is 24.7 Å². The second-order valence-corrected chi connectivity index (χ2v) is 18.1. The first kappa shape index (κ1) is 39.5. The van der Waals surface area contributed by atoms with Gasteiger partial charge >= 0.3 is 0 Å². The molecule has 4 nitrogen and oxygen atoms in total. The Morgan fingerprint density at radius 1 is 0.250 bits per heavy atom. The summed E-state index contributed by atoms with van der Waals surface area (Å²) < 4.78 is 13.1. The summed E-state index contributed by atoms with van der Waals surface area (Å²) in [5.74, 6) is 0. The van der Waals surface area contributed by atoms with E-state index in [9.17, 15) is 0 Å². The summed E-state index contributed by atoms with van der Waals surface area (Å²) in [6, 6.07) is 72.8. The number of para-hydroxylation sites is 4. The number of rotatable bonds is 6. The Kier molecular flexibility index (Phi) is 8.93. The highest BCUT2D eigenvalue weighted by Gasteiger charge is 2.26. The zero-order valence-corrected chi connectivity index (χ0v) is 37.4. The van der Waals surface area contributed by atoms with E-state index in [1.165, 1.54) is 0 Å². The summed E-state index contributed by atoms with van der Waals surface area (Å²) in [5.41, 5.74) is 22.9. The highest BCUT2D eigenvalue weighted by atomic mass is 16.3. The first-order valence-corrected chi connectivity index (χ1v) is 23.1. The summed E-state index contributed by atoms with van der Waals surface area (Å²) in [6.07, 6.45) is 0. The van der Waals surface area contributed by atoms with Crippen LogP contribution in [0.25, 0.3) is 122 Å². The van der Waals surface area contributed by atoms with Crippen molar-refractivity contribution < 1.29 is 8.83 Å². The first-order valence-electron chi connectivity index (χ1n) is 23.1. The van der Waals surface area contributed by atoms with E-state index in [4.69, 9.17) is 19.7 Å². The third-order valence-electron chi connectivity index (χ3n) is 14.0. The molecule has 12 aromatic rings. The van der Waals surface area contributed by atoms with Crippen LogP contribution in [0.1, 0.15) is 22.3 Å². The zero-order valence-electron chi connectivity index (χ0n) is 37.4. The molecule has 0 fully saturated rings. The fourth-order valence-electron chi connectivity index (χ4n) is 10.5. The van der Waals surface area contributed by atoms with Gasteiger partial charge in [-0.15, -0.1) is 0 Å². The van der Waals surface area contributed by atoms with Crippen LogP contribution >= 0.6 is 0 Å². The van der Waals surface area contributed by atoms with Gasteiger partial charge in [-0.2, -0.15) is 0 Å².